The Hall–Kier alpha value is -1.86. The number of hydrogen-bond acceptors (Lipinski definition) is 5. The van der Waals surface area contributed by atoms with E-state index in [2.05, 4.69) is 0 Å². The second-order valence-corrected chi connectivity index (χ2v) is 6.66. The van der Waals surface area contributed by atoms with Crippen LogP contribution in [0.2, 0.25) is 5.02 Å². The Morgan fingerprint density at radius 3 is 2.88 bits per heavy atom. The van der Waals surface area contributed by atoms with Gasteiger partial charge in [-0.25, -0.2) is 4.39 Å². The van der Waals surface area contributed by atoms with E-state index in [1.807, 2.05) is 18.2 Å². The van der Waals surface area contributed by atoms with E-state index in [1.165, 1.54) is 6.07 Å². The van der Waals surface area contributed by atoms with E-state index >= 15 is 0 Å². The van der Waals surface area contributed by atoms with Crippen molar-refractivity contribution < 1.29 is 23.7 Å². The minimum Gasteiger partial charge on any atom is -0.454 e. The molecule has 1 unspecified atom stereocenters. The molecule has 1 aliphatic rings. The quantitative estimate of drug-likeness (QED) is 0.761. The summed E-state index contributed by atoms with van der Waals surface area (Å²) < 4.78 is 30.0. The molecule has 26 heavy (non-hydrogen) atoms. The number of fused-ring (bicyclic) bond motifs is 1. The molecule has 1 atom stereocenters. The van der Waals surface area contributed by atoms with Gasteiger partial charge in [0.1, 0.15) is 5.82 Å². The maximum absolute atomic E-state index is 13.8. The van der Waals surface area contributed by atoms with Crippen molar-refractivity contribution in [1.82, 2.24) is 4.90 Å². The molecule has 7 heteroatoms. The van der Waals surface area contributed by atoms with E-state index in [0.29, 0.717) is 36.0 Å². The predicted octanol–water partition coefficient (Wildman–Crippen LogP) is 3.22. The van der Waals surface area contributed by atoms with Crippen molar-refractivity contribution in [1.29, 1.82) is 0 Å². The highest BCUT2D eigenvalue weighted by Crippen LogP contribution is 2.32. The molecule has 0 fully saturated rings. The molecule has 0 spiro atoms. The molecule has 0 aromatic heterocycles. The topological polar surface area (TPSA) is 51.2 Å². The first-order valence-electron chi connectivity index (χ1n) is 8.28. The van der Waals surface area contributed by atoms with Gasteiger partial charge in [-0.2, -0.15) is 0 Å². The highest BCUT2D eigenvalue weighted by atomic mass is 35.5. The van der Waals surface area contributed by atoms with Gasteiger partial charge in [0.2, 0.25) is 6.79 Å². The van der Waals surface area contributed by atoms with Crippen LogP contribution in [0.15, 0.2) is 36.4 Å². The largest absolute Gasteiger partial charge is 0.454 e. The first-order valence-corrected chi connectivity index (χ1v) is 8.66. The molecular formula is C19H21ClFNO4. The second kappa shape index (κ2) is 8.68. The molecule has 1 heterocycles. The summed E-state index contributed by atoms with van der Waals surface area (Å²) in [6, 6.07) is 10.2. The van der Waals surface area contributed by atoms with Gasteiger partial charge in [0, 0.05) is 23.7 Å². The van der Waals surface area contributed by atoms with Crippen LogP contribution in [0.3, 0.4) is 0 Å². The SMILES string of the molecule is CN(Cc1c(F)cccc1Cl)CC(O)COCc1ccc2c(c1)OCO2. The number of nitrogens with zero attached hydrogens (tertiary/aromatic N) is 1. The standard InChI is InChI=1S/C19H21ClFNO4/c1-22(9-15-16(20)3-2-4-17(15)21)8-14(23)11-24-10-13-5-6-18-19(7-13)26-12-25-18/h2-7,14,23H,8-12H2,1H3. The zero-order chi connectivity index (χ0) is 18.5. The number of aliphatic hydroxyl groups is 1. The number of rotatable bonds is 8. The molecule has 1 aliphatic heterocycles. The molecule has 0 radical (unpaired) electrons. The van der Waals surface area contributed by atoms with Crippen LogP contribution in [0, 0.1) is 5.82 Å². The summed E-state index contributed by atoms with van der Waals surface area (Å²) in [5.41, 5.74) is 1.36. The number of ether oxygens (including phenoxy) is 3. The molecule has 0 amide bonds. The Balaban J connectivity index is 1.43. The van der Waals surface area contributed by atoms with Gasteiger partial charge in [-0.1, -0.05) is 23.7 Å². The van der Waals surface area contributed by atoms with Crippen LogP contribution in [0.1, 0.15) is 11.1 Å². The van der Waals surface area contributed by atoms with E-state index in [0.717, 1.165) is 11.3 Å². The summed E-state index contributed by atoms with van der Waals surface area (Å²) in [5.74, 6) is 1.08. The van der Waals surface area contributed by atoms with Crippen LogP contribution in [0.5, 0.6) is 11.5 Å². The normalized spacial score (nSPS) is 14.0. The van der Waals surface area contributed by atoms with Crippen molar-refractivity contribution >= 4 is 11.6 Å². The fourth-order valence-electron chi connectivity index (χ4n) is 2.77. The monoisotopic (exact) mass is 381 g/mol. The highest BCUT2D eigenvalue weighted by Gasteiger charge is 2.15. The smallest absolute Gasteiger partial charge is 0.231 e. The fourth-order valence-corrected chi connectivity index (χ4v) is 3.00. The number of hydrogen-bond donors (Lipinski definition) is 1. The molecule has 2 aromatic carbocycles. The number of aliphatic hydroxyl groups excluding tert-OH is 1. The van der Waals surface area contributed by atoms with Crippen molar-refractivity contribution in [2.45, 2.75) is 19.3 Å². The Morgan fingerprint density at radius 2 is 2.08 bits per heavy atom. The number of halogens is 2. The molecule has 0 bridgehead atoms. The van der Waals surface area contributed by atoms with Crippen LogP contribution in [-0.2, 0) is 17.9 Å². The summed E-state index contributed by atoms with van der Waals surface area (Å²) >= 11 is 6.03. The van der Waals surface area contributed by atoms with Crippen molar-refractivity contribution in [2.24, 2.45) is 0 Å². The highest BCUT2D eigenvalue weighted by molar-refractivity contribution is 6.31. The lowest BCUT2D eigenvalue weighted by atomic mass is 10.2. The summed E-state index contributed by atoms with van der Waals surface area (Å²) in [7, 11) is 1.80. The molecular weight excluding hydrogens is 361 g/mol. The Kier molecular flexibility index (Phi) is 6.32. The lowest BCUT2D eigenvalue weighted by Crippen LogP contribution is -2.32. The van der Waals surface area contributed by atoms with Gasteiger partial charge >= 0.3 is 0 Å². The Labute approximate surface area is 156 Å². The minimum atomic E-state index is -0.695. The third-order valence-corrected chi connectivity index (χ3v) is 4.38. The number of likely N-dealkylation sites (N-methyl/N-ethyl adjacent to an activating group) is 1. The zero-order valence-electron chi connectivity index (χ0n) is 14.5. The van der Waals surface area contributed by atoms with E-state index in [9.17, 15) is 9.50 Å². The van der Waals surface area contributed by atoms with Gasteiger partial charge in [0.05, 0.1) is 19.3 Å². The second-order valence-electron chi connectivity index (χ2n) is 6.25. The summed E-state index contributed by atoms with van der Waals surface area (Å²) in [5, 5.41) is 10.5. The van der Waals surface area contributed by atoms with E-state index in [4.69, 9.17) is 25.8 Å². The van der Waals surface area contributed by atoms with Crippen molar-refractivity contribution in [3.8, 4) is 11.5 Å². The molecule has 3 rings (SSSR count). The average molecular weight is 382 g/mol. The van der Waals surface area contributed by atoms with Gasteiger partial charge in [0.15, 0.2) is 11.5 Å². The average Bonchev–Trinajstić information content (AvgIpc) is 3.06. The lowest BCUT2D eigenvalue weighted by Gasteiger charge is -2.21. The van der Waals surface area contributed by atoms with E-state index in [1.54, 1.807) is 24.1 Å². The van der Waals surface area contributed by atoms with Crippen molar-refractivity contribution in [2.75, 3.05) is 27.0 Å². The third-order valence-electron chi connectivity index (χ3n) is 4.03. The third kappa shape index (κ3) is 4.86. The van der Waals surface area contributed by atoms with Crippen LogP contribution in [-0.4, -0.2) is 43.1 Å². The van der Waals surface area contributed by atoms with Gasteiger partial charge in [0.25, 0.3) is 0 Å². The molecule has 140 valence electrons. The van der Waals surface area contributed by atoms with Gasteiger partial charge in [-0.15, -0.1) is 0 Å². The maximum atomic E-state index is 13.8. The summed E-state index contributed by atoms with van der Waals surface area (Å²) in [6.07, 6.45) is -0.695. The first kappa shape index (κ1) is 18.9. The van der Waals surface area contributed by atoms with Crippen LogP contribution in [0.25, 0.3) is 0 Å². The minimum absolute atomic E-state index is 0.170. The molecule has 0 aliphatic carbocycles. The molecule has 0 saturated heterocycles. The Morgan fingerprint density at radius 1 is 1.27 bits per heavy atom. The lowest BCUT2D eigenvalue weighted by molar-refractivity contribution is 0.0125. The molecule has 0 saturated carbocycles. The van der Waals surface area contributed by atoms with Crippen molar-refractivity contribution in [3.63, 3.8) is 0 Å². The zero-order valence-corrected chi connectivity index (χ0v) is 15.2. The molecule has 2 aromatic rings. The maximum Gasteiger partial charge on any atom is 0.231 e. The van der Waals surface area contributed by atoms with Gasteiger partial charge < -0.3 is 19.3 Å². The van der Waals surface area contributed by atoms with Crippen LogP contribution in [0.4, 0.5) is 4.39 Å². The van der Waals surface area contributed by atoms with Crippen LogP contribution >= 0.6 is 11.6 Å². The fraction of sp³-hybridized carbons (Fsp3) is 0.368. The number of benzene rings is 2. The van der Waals surface area contributed by atoms with Crippen LogP contribution < -0.4 is 9.47 Å². The van der Waals surface area contributed by atoms with Gasteiger partial charge in [-0.05, 0) is 36.9 Å². The van der Waals surface area contributed by atoms with E-state index in [-0.39, 0.29) is 19.2 Å². The molecule has 5 nitrogen and oxygen atoms in total. The van der Waals surface area contributed by atoms with Crippen molar-refractivity contribution in [3.05, 3.63) is 58.4 Å². The molecule has 1 N–H and O–H groups in total. The Bertz CT molecular complexity index is 738. The summed E-state index contributed by atoms with van der Waals surface area (Å²) in [6.45, 7) is 1.41. The van der Waals surface area contributed by atoms with Gasteiger partial charge in [-0.3, -0.25) is 4.90 Å². The predicted molar refractivity (Wildman–Crippen MR) is 96.0 cm³/mol. The first-order chi connectivity index (χ1) is 12.5. The summed E-state index contributed by atoms with van der Waals surface area (Å²) in [4.78, 5) is 1.80. The van der Waals surface area contributed by atoms with E-state index < -0.39 is 6.10 Å².